The summed E-state index contributed by atoms with van der Waals surface area (Å²) < 4.78 is 61.2. The maximum absolute atomic E-state index is 12.2. The number of aromatic amines is 1. The van der Waals surface area contributed by atoms with Gasteiger partial charge in [-0.1, -0.05) is 4.98 Å². The number of hydrogen-bond donors (Lipinski definition) is 7. The van der Waals surface area contributed by atoms with Crippen LogP contribution in [0.2, 0.25) is 0 Å². The molecule has 22 heteroatoms. The van der Waals surface area contributed by atoms with E-state index in [1.54, 1.807) is 0 Å². The summed E-state index contributed by atoms with van der Waals surface area (Å²) in [7, 11) is -14.9. The Morgan fingerprint density at radius 2 is 1.73 bits per heavy atom. The number of H-pyrrole nitrogens is 1. The predicted octanol–water partition coefficient (Wildman–Crippen LogP) is -1.08. The van der Waals surface area contributed by atoms with Gasteiger partial charge >= 0.3 is 29.1 Å². The molecule has 1 aliphatic rings. The van der Waals surface area contributed by atoms with Crippen molar-refractivity contribution in [2.45, 2.75) is 50.9 Å². The van der Waals surface area contributed by atoms with Crippen molar-refractivity contribution in [1.82, 2.24) is 14.5 Å². The topological polar surface area (TPSA) is 279 Å². The number of aliphatic hydroxyl groups is 2. The molecule has 2 aromatic rings. The lowest BCUT2D eigenvalue weighted by Gasteiger charge is -2.24. The minimum Gasteiger partial charge on any atom is -0.387 e. The Morgan fingerprint density at radius 3 is 2.32 bits per heavy atom. The monoisotopic (exact) mass is 594 g/mol. The van der Waals surface area contributed by atoms with Gasteiger partial charge < -0.3 is 35.4 Å². The molecule has 0 bridgehead atoms. The van der Waals surface area contributed by atoms with Crippen LogP contribution in [0.25, 0.3) is 11.2 Å². The van der Waals surface area contributed by atoms with Crippen LogP contribution in [-0.4, -0.2) is 69.9 Å². The van der Waals surface area contributed by atoms with E-state index in [2.05, 4.69) is 27.6 Å². The SMILES string of the molecule is Cn1c[n+]([C@@H]2O[C@H](COP(=O)(O)OP(=O)(O)OP(=O)(O)OC(C)(C)C)[C@H](O)C2O)c2nc(N)[nH]c(=O)c21. The van der Waals surface area contributed by atoms with Crippen molar-refractivity contribution < 1.29 is 65.6 Å². The van der Waals surface area contributed by atoms with E-state index in [0.29, 0.717) is 0 Å². The van der Waals surface area contributed by atoms with Crippen LogP contribution in [0.4, 0.5) is 5.95 Å². The average Bonchev–Trinajstić information content (AvgIpc) is 3.13. The number of aryl methyl sites for hydroxylation is 1. The molecule has 0 radical (unpaired) electrons. The second-order valence-electron chi connectivity index (χ2n) is 8.87. The molecule has 19 nitrogen and oxygen atoms in total. The summed E-state index contributed by atoms with van der Waals surface area (Å²) >= 11 is 0. The van der Waals surface area contributed by atoms with Crippen LogP contribution in [0.5, 0.6) is 0 Å². The zero-order valence-electron chi connectivity index (χ0n) is 19.8. The summed E-state index contributed by atoms with van der Waals surface area (Å²) in [6.07, 6.45) is -4.93. The summed E-state index contributed by atoms with van der Waals surface area (Å²) in [6.45, 7) is 3.02. The van der Waals surface area contributed by atoms with Crippen LogP contribution in [0.1, 0.15) is 27.0 Å². The number of aromatic nitrogens is 4. The van der Waals surface area contributed by atoms with E-state index in [-0.39, 0.29) is 17.1 Å². The Balaban J connectivity index is 1.71. The van der Waals surface area contributed by atoms with Gasteiger partial charge in [0.2, 0.25) is 11.7 Å². The van der Waals surface area contributed by atoms with Crippen molar-refractivity contribution >= 4 is 40.6 Å². The molecule has 210 valence electrons. The van der Waals surface area contributed by atoms with E-state index in [9.17, 15) is 43.4 Å². The van der Waals surface area contributed by atoms with Crippen molar-refractivity contribution in [2.75, 3.05) is 12.3 Å². The average molecular weight is 594 g/mol. The lowest BCUT2D eigenvalue weighted by atomic mass is 10.1. The molecule has 1 fully saturated rings. The van der Waals surface area contributed by atoms with Gasteiger partial charge in [0.15, 0.2) is 6.33 Å². The fraction of sp³-hybridized carbons (Fsp3) is 0.667. The second kappa shape index (κ2) is 10.2. The van der Waals surface area contributed by atoms with E-state index in [1.807, 2.05) is 0 Å². The highest BCUT2D eigenvalue weighted by molar-refractivity contribution is 7.66. The lowest BCUT2D eigenvalue weighted by molar-refractivity contribution is -0.745. The Morgan fingerprint density at radius 1 is 1.14 bits per heavy atom. The lowest BCUT2D eigenvalue weighted by Crippen LogP contribution is -2.46. The van der Waals surface area contributed by atoms with Gasteiger partial charge in [0.25, 0.3) is 11.5 Å². The molecule has 0 spiro atoms. The number of rotatable bonds is 9. The quantitative estimate of drug-likeness (QED) is 0.134. The van der Waals surface area contributed by atoms with Crippen molar-refractivity contribution in [3.05, 3.63) is 16.7 Å². The van der Waals surface area contributed by atoms with Gasteiger partial charge in [-0.15, -0.1) is 0 Å². The largest absolute Gasteiger partial charge is 0.490 e. The molecule has 0 aliphatic carbocycles. The first kappa shape index (κ1) is 30.0. The molecule has 3 rings (SSSR count). The third kappa shape index (κ3) is 7.30. The van der Waals surface area contributed by atoms with E-state index in [0.717, 1.165) is 0 Å². The Hall–Kier alpha value is -1.56. The number of ether oxygens (including phenoxy) is 1. The number of nitrogen functional groups attached to an aromatic ring is 1. The second-order valence-corrected chi connectivity index (χ2v) is 13.4. The van der Waals surface area contributed by atoms with Gasteiger partial charge in [0.1, 0.15) is 18.3 Å². The van der Waals surface area contributed by atoms with Crippen LogP contribution in [0.15, 0.2) is 11.1 Å². The number of nitrogens with two attached hydrogens (primary N) is 1. The number of nitrogens with one attached hydrogen (secondary N) is 1. The molecule has 7 atom stereocenters. The molecule has 37 heavy (non-hydrogen) atoms. The molecule has 2 aromatic heterocycles. The highest BCUT2D eigenvalue weighted by Gasteiger charge is 2.49. The van der Waals surface area contributed by atoms with Crippen LogP contribution in [0, 0.1) is 0 Å². The number of phosphoric ester groups is 2. The third-order valence-electron chi connectivity index (χ3n) is 4.60. The zero-order chi connectivity index (χ0) is 28.1. The van der Waals surface area contributed by atoms with Gasteiger partial charge in [0, 0.05) is 0 Å². The molecule has 8 N–H and O–H groups in total. The molecule has 3 heterocycles. The molecule has 1 saturated heterocycles. The minimum atomic E-state index is -5.69. The van der Waals surface area contributed by atoms with Crippen molar-refractivity contribution in [1.29, 1.82) is 0 Å². The smallest absolute Gasteiger partial charge is 0.387 e. The third-order valence-corrected chi connectivity index (χ3v) is 9.16. The number of anilines is 1. The first-order valence-corrected chi connectivity index (χ1v) is 14.7. The Bertz CT molecular complexity index is 1370. The van der Waals surface area contributed by atoms with Crippen molar-refractivity contribution in [3.63, 3.8) is 0 Å². The van der Waals surface area contributed by atoms with Gasteiger partial charge in [-0.2, -0.15) is 8.62 Å². The van der Waals surface area contributed by atoms with Crippen LogP contribution in [0.3, 0.4) is 0 Å². The Kier molecular flexibility index (Phi) is 8.27. The van der Waals surface area contributed by atoms with Crippen LogP contribution in [-0.2, 0) is 43.1 Å². The summed E-state index contributed by atoms with van der Waals surface area (Å²) in [4.78, 5) is 47.5. The zero-order valence-corrected chi connectivity index (χ0v) is 22.4. The summed E-state index contributed by atoms with van der Waals surface area (Å²) in [5.74, 6) is -0.236. The highest BCUT2D eigenvalue weighted by atomic mass is 31.3. The standard InChI is InChI=1S/C15H26N5O14P3/c1-15(2,3)32-36(26,27)34-37(28,29)33-35(24,25)30-5-7-9(21)10(22)13(31-7)20-6-19(4)8-11(20)17-14(16)18-12(8)23/h6-7,9-10,13,21-22H,5H2,1-4H3,(H5-,16,17,18,23,24,25,26,27,28,29)/p+1/t7-,9+,10?,13-/m1/s1. The maximum atomic E-state index is 12.2. The summed E-state index contributed by atoms with van der Waals surface area (Å²) in [6, 6.07) is 0. The molecule has 0 amide bonds. The van der Waals surface area contributed by atoms with E-state index in [1.165, 1.54) is 43.3 Å². The number of fused-ring (bicyclic) bond motifs is 1. The normalized spacial score (nSPS) is 27.6. The maximum Gasteiger partial charge on any atom is 0.490 e. The predicted molar refractivity (Wildman–Crippen MR) is 120 cm³/mol. The molecule has 1 aliphatic heterocycles. The minimum absolute atomic E-state index is 0.0120. The van der Waals surface area contributed by atoms with Gasteiger partial charge in [-0.25, -0.2) is 18.3 Å². The van der Waals surface area contributed by atoms with E-state index in [4.69, 9.17) is 10.5 Å². The molecular formula is C15H27N5O14P3+. The summed E-state index contributed by atoms with van der Waals surface area (Å²) in [5.41, 5.74) is 3.73. The Labute approximate surface area is 208 Å². The van der Waals surface area contributed by atoms with Gasteiger partial charge in [0.05, 0.1) is 19.3 Å². The van der Waals surface area contributed by atoms with Crippen LogP contribution < -0.4 is 15.9 Å². The van der Waals surface area contributed by atoms with Gasteiger partial charge in [-0.05, 0) is 20.8 Å². The highest BCUT2D eigenvalue weighted by Crippen LogP contribution is 2.68. The first-order valence-electron chi connectivity index (χ1n) is 10.2. The fourth-order valence-electron chi connectivity index (χ4n) is 3.38. The number of hydrogen-bond acceptors (Lipinski definition) is 13. The number of phosphoric acid groups is 3. The molecule has 4 unspecified atom stereocenters. The van der Waals surface area contributed by atoms with E-state index >= 15 is 0 Å². The molecule has 0 aromatic carbocycles. The summed E-state index contributed by atoms with van der Waals surface area (Å²) in [5, 5.41) is 20.8. The molecular weight excluding hydrogens is 567 g/mol. The van der Waals surface area contributed by atoms with Crippen molar-refractivity contribution in [2.24, 2.45) is 7.05 Å². The number of nitrogens with zero attached hydrogens (tertiary/aromatic N) is 3. The number of aliphatic hydroxyl groups excluding tert-OH is 2. The van der Waals surface area contributed by atoms with Crippen LogP contribution >= 0.6 is 23.5 Å². The van der Waals surface area contributed by atoms with Gasteiger partial charge in [-0.3, -0.25) is 23.4 Å². The fourth-order valence-corrected chi connectivity index (χ4v) is 7.20. The van der Waals surface area contributed by atoms with E-state index < -0.39 is 65.8 Å². The van der Waals surface area contributed by atoms with Crippen molar-refractivity contribution in [3.8, 4) is 0 Å². The number of imidazole rings is 1. The first-order chi connectivity index (χ1) is 16.7. The molecule has 0 saturated carbocycles.